The second kappa shape index (κ2) is 15.5. The first-order chi connectivity index (χ1) is 20.8. The van der Waals surface area contributed by atoms with E-state index in [1.807, 2.05) is 39.0 Å². The molecule has 0 saturated carbocycles. The molecule has 11 heteroatoms. The lowest BCUT2D eigenvalue weighted by Crippen LogP contribution is -2.41. The van der Waals surface area contributed by atoms with Crippen LogP contribution >= 0.6 is 0 Å². The Bertz CT molecular complexity index is 1360. The molecule has 1 N–H and O–H groups in total. The zero-order chi connectivity index (χ0) is 32.3. The Labute approximate surface area is 257 Å². The second-order valence-electron chi connectivity index (χ2n) is 11.5. The quantitative estimate of drug-likeness (QED) is 0.222. The number of halogens is 3. The van der Waals surface area contributed by atoms with Gasteiger partial charge in [-0.2, -0.15) is 13.2 Å². The van der Waals surface area contributed by atoms with Gasteiger partial charge in [0.25, 0.3) is 0 Å². The smallest absolute Gasteiger partial charge is 0.419 e. The van der Waals surface area contributed by atoms with Gasteiger partial charge in [-0.05, 0) is 69.1 Å². The van der Waals surface area contributed by atoms with Gasteiger partial charge in [-0.1, -0.05) is 55.1 Å². The SMILES string of the molecule is C=C/C=C(\C=C/CNc1ncc(C(F)(F)F)c(CCc2ccccc2CC(=O)OC)n1)C1CCN(C(=O)OC(C)(C)C)CC1. The molecule has 0 bridgehead atoms. The fraction of sp³-hybridized carbons (Fsp3) is 0.455. The summed E-state index contributed by atoms with van der Waals surface area (Å²) < 4.78 is 51.5. The molecule has 2 heterocycles. The van der Waals surface area contributed by atoms with Crippen LogP contribution < -0.4 is 5.32 Å². The fourth-order valence-electron chi connectivity index (χ4n) is 4.92. The third kappa shape index (κ3) is 10.5. The van der Waals surface area contributed by atoms with E-state index in [0.717, 1.165) is 30.2 Å². The first-order valence-electron chi connectivity index (χ1n) is 14.6. The number of piperidine rings is 1. The lowest BCUT2D eigenvalue weighted by molar-refractivity contribution is -0.140. The normalized spacial score (nSPS) is 14.9. The fourth-order valence-corrected chi connectivity index (χ4v) is 4.92. The van der Waals surface area contributed by atoms with Gasteiger partial charge in [0.1, 0.15) is 5.60 Å². The van der Waals surface area contributed by atoms with Gasteiger partial charge in [-0.25, -0.2) is 14.8 Å². The van der Waals surface area contributed by atoms with Crippen molar-refractivity contribution in [3.05, 3.63) is 89.3 Å². The summed E-state index contributed by atoms with van der Waals surface area (Å²) in [6.07, 6.45) is 5.17. The number of anilines is 1. The van der Waals surface area contributed by atoms with E-state index in [9.17, 15) is 22.8 Å². The number of esters is 1. The van der Waals surface area contributed by atoms with Crippen molar-refractivity contribution in [1.29, 1.82) is 0 Å². The minimum atomic E-state index is -4.61. The Morgan fingerprint density at radius 2 is 1.80 bits per heavy atom. The predicted molar refractivity (Wildman–Crippen MR) is 163 cm³/mol. The van der Waals surface area contributed by atoms with Gasteiger partial charge < -0.3 is 19.7 Å². The van der Waals surface area contributed by atoms with E-state index in [2.05, 4.69) is 21.9 Å². The first-order valence-corrected chi connectivity index (χ1v) is 14.6. The van der Waals surface area contributed by atoms with Crippen molar-refractivity contribution in [3.63, 3.8) is 0 Å². The van der Waals surface area contributed by atoms with E-state index < -0.39 is 23.3 Å². The lowest BCUT2D eigenvalue weighted by atomic mass is 9.88. The number of nitrogens with one attached hydrogen (secondary N) is 1. The zero-order valence-electron chi connectivity index (χ0n) is 25.7. The number of amides is 1. The molecule has 44 heavy (non-hydrogen) atoms. The summed E-state index contributed by atoms with van der Waals surface area (Å²) in [5.74, 6) is -0.119. The molecular formula is C33H41F3N4O4. The van der Waals surface area contributed by atoms with Crippen molar-refractivity contribution in [1.82, 2.24) is 14.9 Å². The number of aryl methyl sites for hydroxylation is 2. The molecule has 238 valence electrons. The monoisotopic (exact) mass is 614 g/mol. The molecule has 0 atom stereocenters. The molecule has 1 aromatic carbocycles. The average Bonchev–Trinajstić information content (AvgIpc) is 2.97. The van der Waals surface area contributed by atoms with E-state index >= 15 is 0 Å². The molecule has 1 aliphatic heterocycles. The summed E-state index contributed by atoms with van der Waals surface area (Å²) in [5, 5.41) is 2.99. The number of benzene rings is 1. The summed E-state index contributed by atoms with van der Waals surface area (Å²) in [4.78, 5) is 34.0. The Balaban J connectivity index is 1.64. The number of likely N-dealkylation sites (tertiary alicyclic amines) is 1. The van der Waals surface area contributed by atoms with Gasteiger partial charge in [0, 0.05) is 25.8 Å². The number of aromatic nitrogens is 2. The molecule has 1 aromatic heterocycles. The van der Waals surface area contributed by atoms with E-state index in [-0.39, 0.29) is 49.5 Å². The van der Waals surface area contributed by atoms with Crippen LogP contribution in [0.2, 0.25) is 0 Å². The van der Waals surface area contributed by atoms with Gasteiger partial charge in [-0.3, -0.25) is 4.79 Å². The number of carbonyl (C=O) groups is 2. The van der Waals surface area contributed by atoms with E-state index in [0.29, 0.717) is 18.7 Å². The molecule has 0 aliphatic carbocycles. The van der Waals surface area contributed by atoms with Crippen molar-refractivity contribution < 1.29 is 32.2 Å². The summed E-state index contributed by atoms with van der Waals surface area (Å²) in [6.45, 7) is 10.8. The summed E-state index contributed by atoms with van der Waals surface area (Å²) in [6, 6.07) is 7.09. The maximum absolute atomic E-state index is 13.8. The van der Waals surface area contributed by atoms with Crippen LogP contribution in [0.15, 0.2) is 66.9 Å². The van der Waals surface area contributed by atoms with Crippen molar-refractivity contribution in [2.45, 2.75) is 64.7 Å². The maximum atomic E-state index is 13.8. The van der Waals surface area contributed by atoms with Crippen molar-refractivity contribution >= 4 is 18.0 Å². The molecule has 1 amide bonds. The Morgan fingerprint density at radius 3 is 2.41 bits per heavy atom. The van der Waals surface area contributed by atoms with Crippen LogP contribution in [0.5, 0.6) is 0 Å². The number of alkyl halides is 3. The highest BCUT2D eigenvalue weighted by Gasteiger charge is 2.35. The summed E-state index contributed by atoms with van der Waals surface area (Å²) in [5.41, 5.74) is 0.927. The largest absolute Gasteiger partial charge is 0.469 e. The van der Waals surface area contributed by atoms with Crippen LogP contribution in [0, 0.1) is 5.92 Å². The Hall–Kier alpha value is -4.15. The molecule has 0 unspecified atom stereocenters. The minimum absolute atomic E-state index is 0.00822. The number of rotatable bonds is 11. The molecule has 1 aliphatic rings. The average molecular weight is 615 g/mol. The molecule has 1 fully saturated rings. The standard InChI is InChI=1S/C33H41F3N4O4/c1-6-10-23(25-16-19-40(20-17-25)31(42)44-32(2,3)4)13-9-18-37-30-38-22-27(33(34,35)36)28(39-30)15-14-24-11-7-8-12-26(24)21-29(41)43-5/h6-13,22,25H,1,14-21H2,2-5H3,(H,37,38,39)/b13-9-,23-10+. The van der Waals surface area contributed by atoms with Gasteiger partial charge in [0.05, 0.1) is 24.8 Å². The Kier molecular flexibility index (Phi) is 12.1. The van der Waals surface area contributed by atoms with Crippen LogP contribution in [-0.4, -0.2) is 59.3 Å². The minimum Gasteiger partial charge on any atom is -0.469 e. The summed E-state index contributed by atoms with van der Waals surface area (Å²) in [7, 11) is 1.29. The van der Waals surface area contributed by atoms with Gasteiger partial charge >= 0.3 is 18.2 Å². The first kappa shape index (κ1) is 34.3. The number of allylic oxidation sites excluding steroid dienone is 4. The molecule has 1 saturated heterocycles. The predicted octanol–water partition coefficient (Wildman–Crippen LogP) is 6.72. The molecule has 3 rings (SSSR count). The third-order valence-electron chi connectivity index (χ3n) is 7.10. The molecule has 0 spiro atoms. The molecule has 8 nitrogen and oxygen atoms in total. The topological polar surface area (TPSA) is 93.6 Å². The van der Waals surface area contributed by atoms with Crippen LogP contribution in [0.1, 0.15) is 56.0 Å². The highest BCUT2D eigenvalue weighted by atomic mass is 19.4. The van der Waals surface area contributed by atoms with Crippen LogP contribution in [-0.2, 0) is 39.7 Å². The second-order valence-corrected chi connectivity index (χ2v) is 11.5. The number of carbonyl (C=O) groups excluding carboxylic acids is 2. The molecular weight excluding hydrogens is 573 g/mol. The van der Waals surface area contributed by atoms with E-state index in [4.69, 9.17) is 9.47 Å². The van der Waals surface area contributed by atoms with Gasteiger partial charge in [-0.15, -0.1) is 0 Å². The third-order valence-corrected chi connectivity index (χ3v) is 7.10. The zero-order valence-corrected chi connectivity index (χ0v) is 25.7. The van der Waals surface area contributed by atoms with E-state index in [1.165, 1.54) is 7.11 Å². The molecule has 0 radical (unpaired) electrons. The Morgan fingerprint density at radius 1 is 1.11 bits per heavy atom. The highest BCUT2D eigenvalue weighted by molar-refractivity contribution is 5.72. The lowest BCUT2D eigenvalue weighted by Gasteiger charge is -2.34. The van der Waals surface area contributed by atoms with Crippen LogP contribution in [0.4, 0.5) is 23.9 Å². The number of nitrogens with zero attached hydrogens (tertiary/aromatic N) is 3. The van der Waals surface area contributed by atoms with Crippen LogP contribution in [0.25, 0.3) is 0 Å². The van der Waals surface area contributed by atoms with Crippen LogP contribution in [0.3, 0.4) is 0 Å². The van der Waals surface area contributed by atoms with Crippen molar-refractivity contribution in [2.24, 2.45) is 5.92 Å². The van der Waals surface area contributed by atoms with Crippen molar-refractivity contribution in [3.8, 4) is 0 Å². The number of hydrogen-bond donors (Lipinski definition) is 1. The van der Waals surface area contributed by atoms with Gasteiger partial charge in [0.2, 0.25) is 5.95 Å². The number of hydrogen-bond acceptors (Lipinski definition) is 7. The van der Waals surface area contributed by atoms with Crippen molar-refractivity contribution in [2.75, 3.05) is 32.1 Å². The summed E-state index contributed by atoms with van der Waals surface area (Å²) >= 11 is 0. The highest BCUT2D eigenvalue weighted by Crippen LogP contribution is 2.32. The molecule has 2 aromatic rings. The number of methoxy groups -OCH3 is 1. The maximum Gasteiger partial charge on any atom is 0.419 e. The van der Waals surface area contributed by atoms with Gasteiger partial charge in [0.15, 0.2) is 0 Å². The number of ether oxygens (including phenoxy) is 2. The van der Waals surface area contributed by atoms with E-state index in [1.54, 1.807) is 35.2 Å².